The predicted molar refractivity (Wildman–Crippen MR) is 125 cm³/mol. The van der Waals surface area contributed by atoms with E-state index >= 15 is 0 Å². The fourth-order valence-electron chi connectivity index (χ4n) is 3.09. The van der Waals surface area contributed by atoms with Crippen LogP contribution in [0.25, 0.3) is 0 Å². The highest BCUT2D eigenvalue weighted by Gasteiger charge is 2.08. The number of hydrogen-bond acceptors (Lipinski definition) is 4. The average molecular weight is 418 g/mol. The number of para-hydroxylation sites is 1. The lowest BCUT2D eigenvalue weighted by Crippen LogP contribution is -2.22. The summed E-state index contributed by atoms with van der Waals surface area (Å²) in [5.74, 6) is 0.380. The van der Waals surface area contributed by atoms with Gasteiger partial charge >= 0.3 is 0 Å². The average Bonchev–Trinajstić information content (AvgIpc) is 2.80. The van der Waals surface area contributed by atoms with Gasteiger partial charge in [-0.05, 0) is 73.5 Å². The van der Waals surface area contributed by atoms with E-state index in [9.17, 15) is 9.59 Å². The van der Waals surface area contributed by atoms with Crippen LogP contribution in [0.3, 0.4) is 0 Å². The third-order valence-electron chi connectivity index (χ3n) is 4.69. The van der Waals surface area contributed by atoms with E-state index in [2.05, 4.69) is 22.9 Å². The van der Waals surface area contributed by atoms with Gasteiger partial charge in [0.15, 0.2) is 0 Å². The van der Waals surface area contributed by atoms with Gasteiger partial charge in [0.1, 0.15) is 5.75 Å². The van der Waals surface area contributed by atoms with Gasteiger partial charge in [0.2, 0.25) is 5.91 Å². The number of ether oxygens (including phenoxy) is 1. The molecule has 0 atom stereocenters. The Labute approximate surface area is 182 Å². The summed E-state index contributed by atoms with van der Waals surface area (Å²) in [6.45, 7) is 4.76. The Morgan fingerprint density at radius 3 is 2.13 bits per heavy atom. The molecular weight excluding hydrogens is 390 g/mol. The lowest BCUT2D eigenvalue weighted by molar-refractivity contribution is -0.114. The van der Waals surface area contributed by atoms with Gasteiger partial charge in [-0.3, -0.25) is 9.59 Å². The van der Waals surface area contributed by atoms with E-state index in [1.165, 1.54) is 0 Å². The van der Waals surface area contributed by atoms with E-state index in [0.29, 0.717) is 23.5 Å². The molecular formula is C25H27N3O3. The Morgan fingerprint density at radius 2 is 1.45 bits per heavy atom. The molecule has 0 spiro atoms. The van der Waals surface area contributed by atoms with Crippen LogP contribution in [0.15, 0.2) is 72.8 Å². The van der Waals surface area contributed by atoms with E-state index in [1.807, 2.05) is 43.3 Å². The third-order valence-corrected chi connectivity index (χ3v) is 4.69. The lowest BCUT2D eigenvalue weighted by atomic mass is 10.1. The zero-order valence-electron chi connectivity index (χ0n) is 17.8. The largest absolute Gasteiger partial charge is 0.494 e. The van der Waals surface area contributed by atoms with Gasteiger partial charge in [-0.1, -0.05) is 25.1 Å². The van der Waals surface area contributed by atoms with E-state index < -0.39 is 0 Å². The number of amides is 2. The number of rotatable bonds is 9. The molecule has 160 valence electrons. The van der Waals surface area contributed by atoms with Gasteiger partial charge in [0.05, 0.1) is 13.2 Å². The normalized spacial score (nSPS) is 10.3. The van der Waals surface area contributed by atoms with Gasteiger partial charge < -0.3 is 20.7 Å². The highest BCUT2D eigenvalue weighted by molar-refractivity contribution is 6.04. The van der Waals surface area contributed by atoms with Gasteiger partial charge in [0, 0.05) is 22.6 Å². The molecule has 0 saturated heterocycles. The van der Waals surface area contributed by atoms with Gasteiger partial charge in [-0.2, -0.15) is 0 Å². The zero-order chi connectivity index (χ0) is 22.1. The number of hydrogen-bond donors (Lipinski definition) is 3. The number of benzene rings is 3. The minimum atomic E-state index is -0.222. The standard InChI is InChI=1S/C25H27N3O3/c1-3-18-7-5-6-8-23(18)26-17-24(29)27-20-11-9-19(10-12-20)25(30)28-21-13-15-22(16-14-21)31-4-2/h5-16,26H,3-4,17H2,1-2H3,(H,27,29)(H,28,30). The molecule has 0 saturated carbocycles. The zero-order valence-corrected chi connectivity index (χ0v) is 17.8. The van der Waals surface area contributed by atoms with E-state index in [4.69, 9.17) is 4.74 Å². The van der Waals surface area contributed by atoms with Crippen LogP contribution in [0.1, 0.15) is 29.8 Å². The second-order valence-electron chi connectivity index (χ2n) is 6.90. The molecule has 6 heteroatoms. The smallest absolute Gasteiger partial charge is 0.255 e. The van der Waals surface area contributed by atoms with E-state index in [-0.39, 0.29) is 18.4 Å². The Kier molecular flexibility index (Phi) is 7.65. The SMILES string of the molecule is CCOc1ccc(NC(=O)c2ccc(NC(=O)CNc3ccccc3CC)cc2)cc1. The molecule has 3 N–H and O–H groups in total. The van der Waals surface area contributed by atoms with Crippen molar-refractivity contribution < 1.29 is 14.3 Å². The molecule has 6 nitrogen and oxygen atoms in total. The summed E-state index contributed by atoms with van der Waals surface area (Å²) in [6.07, 6.45) is 0.894. The first kappa shape index (κ1) is 21.9. The molecule has 0 aliphatic carbocycles. The lowest BCUT2D eigenvalue weighted by Gasteiger charge is -2.11. The first-order valence-electron chi connectivity index (χ1n) is 10.3. The maximum absolute atomic E-state index is 12.4. The molecule has 0 unspecified atom stereocenters. The monoisotopic (exact) mass is 417 g/mol. The van der Waals surface area contributed by atoms with Crippen molar-refractivity contribution in [2.24, 2.45) is 0 Å². The fraction of sp³-hybridized carbons (Fsp3) is 0.200. The maximum Gasteiger partial charge on any atom is 0.255 e. The minimum Gasteiger partial charge on any atom is -0.494 e. The van der Waals surface area contributed by atoms with Crippen LogP contribution in [-0.2, 0) is 11.2 Å². The first-order valence-corrected chi connectivity index (χ1v) is 10.3. The molecule has 2 amide bonds. The first-order chi connectivity index (χ1) is 15.1. The van der Waals surface area contributed by atoms with Crippen molar-refractivity contribution in [3.8, 4) is 5.75 Å². The topological polar surface area (TPSA) is 79.5 Å². The van der Waals surface area contributed by atoms with Crippen LogP contribution in [0.4, 0.5) is 17.1 Å². The van der Waals surface area contributed by atoms with Gasteiger partial charge in [-0.25, -0.2) is 0 Å². The van der Waals surface area contributed by atoms with Crippen molar-refractivity contribution >= 4 is 28.9 Å². The van der Waals surface area contributed by atoms with Crippen LogP contribution >= 0.6 is 0 Å². The van der Waals surface area contributed by atoms with Crippen molar-refractivity contribution in [2.75, 3.05) is 29.1 Å². The molecule has 0 radical (unpaired) electrons. The second-order valence-corrected chi connectivity index (χ2v) is 6.90. The molecule has 0 bridgehead atoms. The Morgan fingerprint density at radius 1 is 0.806 bits per heavy atom. The van der Waals surface area contributed by atoms with Crippen LogP contribution in [0.2, 0.25) is 0 Å². The molecule has 31 heavy (non-hydrogen) atoms. The van der Waals surface area contributed by atoms with Crippen LogP contribution < -0.4 is 20.7 Å². The minimum absolute atomic E-state index is 0.155. The Bertz CT molecular complexity index is 1010. The van der Waals surface area contributed by atoms with Crippen molar-refractivity contribution in [2.45, 2.75) is 20.3 Å². The quantitative estimate of drug-likeness (QED) is 0.460. The molecule has 0 heterocycles. The van der Waals surface area contributed by atoms with E-state index in [0.717, 1.165) is 23.4 Å². The summed E-state index contributed by atoms with van der Waals surface area (Å²) in [6, 6.07) is 21.9. The van der Waals surface area contributed by atoms with Crippen molar-refractivity contribution in [1.29, 1.82) is 0 Å². The maximum atomic E-state index is 12.4. The highest BCUT2D eigenvalue weighted by Crippen LogP contribution is 2.18. The Balaban J connectivity index is 1.52. The molecule has 0 fully saturated rings. The van der Waals surface area contributed by atoms with Gasteiger partial charge in [0.25, 0.3) is 5.91 Å². The van der Waals surface area contributed by atoms with Crippen LogP contribution in [0, 0.1) is 0 Å². The number of aryl methyl sites for hydroxylation is 1. The molecule has 0 aliphatic rings. The predicted octanol–water partition coefficient (Wildman–Crippen LogP) is 4.95. The summed E-state index contributed by atoms with van der Waals surface area (Å²) >= 11 is 0. The Hall–Kier alpha value is -3.80. The molecule has 3 aromatic carbocycles. The molecule has 3 rings (SSSR count). The van der Waals surface area contributed by atoms with Crippen LogP contribution in [0.5, 0.6) is 5.75 Å². The van der Waals surface area contributed by atoms with Crippen molar-refractivity contribution in [3.05, 3.63) is 83.9 Å². The van der Waals surface area contributed by atoms with Crippen molar-refractivity contribution in [1.82, 2.24) is 0 Å². The van der Waals surface area contributed by atoms with E-state index in [1.54, 1.807) is 36.4 Å². The number of carbonyl (C=O) groups excluding carboxylic acids is 2. The van der Waals surface area contributed by atoms with Gasteiger partial charge in [-0.15, -0.1) is 0 Å². The highest BCUT2D eigenvalue weighted by atomic mass is 16.5. The molecule has 3 aromatic rings. The third kappa shape index (κ3) is 6.34. The number of anilines is 3. The van der Waals surface area contributed by atoms with Crippen LogP contribution in [-0.4, -0.2) is 25.0 Å². The summed E-state index contributed by atoms with van der Waals surface area (Å²) < 4.78 is 5.40. The van der Waals surface area contributed by atoms with Crippen molar-refractivity contribution in [3.63, 3.8) is 0 Å². The molecule has 0 aliphatic heterocycles. The summed E-state index contributed by atoms with van der Waals surface area (Å²) in [7, 11) is 0. The molecule has 0 aromatic heterocycles. The number of nitrogens with one attached hydrogen (secondary N) is 3. The summed E-state index contributed by atoms with van der Waals surface area (Å²) in [5.41, 5.74) is 3.94. The summed E-state index contributed by atoms with van der Waals surface area (Å²) in [5, 5.41) is 8.85. The fourth-order valence-corrected chi connectivity index (χ4v) is 3.09. The summed E-state index contributed by atoms with van der Waals surface area (Å²) in [4.78, 5) is 24.7. The number of carbonyl (C=O) groups is 2. The second kappa shape index (κ2) is 10.8.